The smallest absolute Gasteiger partial charge is 0.158 e. The quantitative estimate of drug-likeness (QED) is 0.849. The summed E-state index contributed by atoms with van der Waals surface area (Å²) in [4.78, 5) is 4.75. The van der Waals surface area contributed by atoms with E-state index in [1.807, 2.05) is 12.3 Å². The van der Waals surface area contributed by atoms with Gasteiger partial charge in [0, 0.05) is 30.2 Å². The van der Waals surface area contributed by atoms with E-state index >= 15 is 0 Å². The van der Waals surface area contributed by atoms with Gasteiger partial charge in [0.1, 0.15) is 0 Å². The first-order chi connectivity index (χ1) is 8.38. The summed E-state index contributed by atoms with van der Waals surface area (Å²) in [5, 5.41) is 4.24. The highest BCUT2D eigenvalue weighted by molar-refractivity contribution is 5.40. The molecule has 0 aliphatic heterocycles. The fourth-order valence-corrected chi connectivity index (χ4v) is 2.41. The third kappa shape index (κ3) is 1.85. The van der Waals surface area contributed by atoms with Crippen LogP contribution in [0.4, 0.5) is 0 Å². The zero-order valence-corrected chi connectivity index (χ0v) is 9.76. The van der Waals surface area contributed by atoms with Crippen molar-refractivity contribution in [2.75, 3.05) is 0 Å². The van der Waals surface area contributed by atoms with E-state index in [1.54, 1.807) is 10.9 Å². The molecule has 3 rings (SSSR count). The highest BCUT2D eigenvalue weighted by atomic mass is 15.3. The van der Waals surface area contributed by atoms with Crippen molar-refractivity contribution in [1.82, 2.24) is 14.8 Å². The lowest BCUT2D eigenvalue weighted by Crippen LogP contribution is -2.13. The van der Waals surface area contributed by atoms with Crippen molar-refractivity contribution < 1.29 is 0 Å². The van der Waals surface area contributed by atoms with Crippen LogP contribution in [0.1, 0.15) is 29.7 Å². The van der Waals surface area contributed by atoms with Gasteiger partial charge in [0.15, 0.2) is 5.82 Å². The van der Waals surface area contributed by atoms with Crippen LogP contribution in [0.5, 0.6) is 0 Å². The summed E-state index contributed by atoms with van der Waals surface area (Å²) in [5.74, 6) is 0.887. The average molecular weight is 228 g/mol. The van der Waals surface area contributed by atoms with Crippen molar-refractivity contribution in [2.24, 2.45) is 5.73 Å². The van der Waals surface area contributed by atoms with Crippen molar-refractivity contribution in [3.63, 3.8) is 0 Å². The molecule has 0 saturated carbocycles. The number of aryl methyl sites for hydroxylation is 2. The fourth-order valence-electron chi connectivity index (χ4n) is 2.41. The Balaban J connectivity index is 2.13. The van der Waals surface area contributed by atoms with Crippen LogP contribution in [-0.2, 0) is 19.4 Å². The van der Waals surface area contributed by atoms with E-state index in [2.05, 4.69) is 11.2 Å². The molecule has 0 bridgehead atoms. The van der Waals surface area contributed by atoms with Gasteiger partial charge in [-0.3, -0.25) is 0 Å². The monoisotopic (exact) mass is 228 g/mol. The van der Waals surface area contributed by atoms with E-state index in [0.29, 0.717) is 6.54 Å². The predicted octanol–water partition coefficient (Wildman–Crippen LogP) is 1.60. The van der Waals surface area contributed by atoms with Gasteiger partial charge in [-0.15, -0.1) is 0 Å². The highest BCUT2D eigenvalue weighted by Crippen LogP contribution is 2.23. The number of fused-ring (bicyclic) bond motifs is 1. The fraction of sp³-hybridized carbons (Fsp3) is 0.385. The minimum Gasteiger partial charge on any atom is -0.326 e. The van der Waals surface area contributed by atoms with Gasteiger partial charge in [-0.25, -0.2) is 9.67 Å². The lowest BCUT2D eigenvalue weighted by atomic mass is 9.95. The van der Waals surface area contributed by atoms with E-state index in [1.165, 1.54) is 24.1 Å². The third-order valence-electron chi connectivity index (χ3n) is 3.30. The maximum absolute atomic E-state index is 5.81. The summed E-state index contributed by atoms with van der Waals surface area (Å²) in [5.41, 5.74) is 9.48. The van der Waals surface area contributed by atoms with Crippen molar-refractivity contribution in [1.29, 1.82) is 0 Å². The van der Waals surface area contributed by atoms with Gasteiger partial charge in [-0.2, -0.15) is 5.10 Å². The van der Waals surface area contributed by atoms with Gasteiger partial charge in [0.2, 0.25) is 0 Å². The van der Waals surface area contributed by atoms with Crippen molar-refractivity contribution in [3.05, 3.63) is 41.3 Å². The van der Waals surface area contributed by atoms with E-state index in [9.17, 15) is 0 Å². The predicted molar refractivity (Wildman–Crippen MR) is 65.9 cm³/mol. The van der Waals surface area contributed by atoms with Gasteiger partial charge >= 0.3 is 0 Å². The molecule has 17 heavy (non-hydrogen) atoms. The highest BCUT2D eigenvalue weighted by Gasteiger charge is 2.15. The van der Waals surface area contributed by atoms with Crippen LogP contribution in [0.3, 0.4) is 0 Å². The molecule has 2 aromatic heterocycles. The number of rotatable bonds is 2. The van der Waals surface area contributed by atoms with E-state index in [0.717, 1.165) is 24.2 Å². The third-order valence-corrected chi connectivity index (χ3v) is 3.30. The van der Waals surface area contributed by atoms with Gasteiger partial charge in [0.25, 0.3) is 0 Å². The Morgan fingerprint density at radius 2 is 2.18 bits per heavy atom. The SMILES string of the molecule is NCc1cc2c(nc1-n1cccn1)CCCC2. The van der Waals surface area contributed by atoms with Crippen LogP contribution < -0.4 is 5.73 Å². The second-order valence-electron chi connectivity index (χ2n) is 4.44. The van der Waals surface area contributed by atoms with Gasteiger partial charge < -0.3 is 5.73 Å². The van der Waals surface area contributed by atoms with Gasteiger partial charge in [0.05, 0.1) is 0 Å². The van der Waals surface area contributed by atoms with Gasteiger partial charge in [-0.05, 0) is 43.4 Å². The maximum atomic E-state index is 5.81. The molecule has 0 atom stereocenters. The molecule has 1 aliphatic rings. The first-order valence-electron chi connectivity index (χ1n) is 6.10. The molecular formula is C13H16N4. The van der Waals surface area contributed by atoms with E-state index in [4.69, 9.17) is 10.7 Å². The second kappa shape index (κ2) is 4.30. The molecular weight excluding hydrogens is 212 g/mol. The molecule has 4 nitrogen and oxygen atoms in total. The maximum Gasteiger partial charge on any atom is 0.158 e. The molecule has 1 aliphatic carbocycles. The Hall–Kier alpha value is -1.68. The molecule has 0 unspecified atom stereocenters. The minimum absolute atomic E-state index is 0.509. The Morgan fingerprint density at radius 3 is 2.94 bits per heavy atom. The number of aromatic nitrogens is 3. The number of nitrogens with zero attached hydrogens (tertiary/aromatic N) is 3. The molecule has 88 valence electrons. The Labute approximate surface area is 100 Å². The first kappa shape index (κ1) is 10.5. The summed E-state index contributed by atoms with van der Waals surface area (Å²) in [7, 11) is 0. The molecule has 2 aromatic rings. The van der Waals surface area contributed by atoms with Crippen molar-refractivity contribution >= 4 is 0 Å². The zero-order chi connectivity index (χ0) is 11.7. The Kier molecular flexibility index (Phi) is 2.65. The van der Waals surface area contributed by atoms with Crippen LogP contribution in [0.2, 0.25) is 0 Å². The summed E-state index contributed by atoms with van der Waals surface area (Å²) in [6.07, 6.45) is 8.39. The average Bonchev–Trinajstić information content (AvgIpc) is 2.91. The summed E-state index contributed by atoms with van der Waals surface area (Å²) in [6.45, 7) is 0.509. The van der Waals surface area contributed by atoms with Crippen molar-refractivity contribution in [2.45, 2.75) is 32.2 Å². The molecule has 0 fully saturated rings. The summed E-state index contributed by atoms with van der Waals surface area (Å²) < 4.78 is 1.80. The standard InChI is InChI=1S/C13H16N4/c14-9-11-8-10-4-1-2-5-12(10)16-13(11)17-7-3-6-15-17/h3,6-8H,1-2,4-5,9,14H2. The van der Waals surface area contributed by atoms with E-state index < -0.39 is 0 Å². The molecule has 0 spiro atoms. The van der Waals surface area contributed by atoms with Crippen LogP contribution in [0.25, 0.3) is 5.82 Å². The second-order valence-corrected chi connectivity index (χ2v) is 4.44. The number of pyridine rings is 1. The van der Waals surface area contributed by atoms with E-state index in [-0.39, 0.29) is 0 Å². The zero-order valence-electron chi connectivity index (χ0n) is 9.76. The van der Waals surface area contributed by atoms with Gasteiger partial charge in [-0.1, -0.05) is 0 Å². The molecule has 0 aromatic carbocycles. The molecule has 2 N–H and O–H groups in total. The topological polar surface area (TPSA) is 56.7 Å². The molecule has 2 heterocycles. The lowest BCUT2D eigenvalue weighted by molar-refractivity contribution is 0.658. The molecule has 0 amide bonds. The largest absolute Gasteiger partial charge is 0.326 e. The number of hydrogen-bond acceptors (Lipinski definition) is 3. The minimum atomic E-state index is 0.509. The first-order valence-corrected chi connectivity index (χ1v) is 6.10. The van der Waals surface area contributed by atoms with Crippen LogP contribution in [-0.4, -0.2) is 14.8 Å². The van der Waals surface area contributed by atoms with Crippen LogP contribution in [0, 0.1) is 0 Å². The van der Waals surface area contributed by atoms with Crippen molar-refractivity contribution in [3.8, 4) is 5.82 Å². The summed E-state index contributed by atoms with van der Waals surface area (Å²) in [6, 6.07) is 4.11. The normalized spacial score (nSPS) is 14.6. The number of nitrogens with two attached hydrogens (primary N) is 1. The molecule has 0 radical (unpaired) electrons. The molecule has 4 heteroatoms. The summed E-state index contributed by atoms with van der Waals surface area (Å²) >= 11 is 0. The van der Waals surface area contributed by atoms with Crippen LogP contribution in [0.15, 0.2) is 24.5 Å². The molecule has 0 saturated heterocycles. The van der Waals surface area contributed by atoms with Crippen LogP contribution >= 0.6 is 0 Å². The Bertz CT molecular complexity index is 516. The number of hydrogen-bond donors (Lipinski definition) is 1. The lowest BCUT2D eigenvalue weighted by Gasteiger charge is -2.18. The Morgan fingerprint density at radius 1 is 1.29 bits per heavy atom.